The Hall–Kier alpha value is -0.660. The predicted octanol–water partition coefficient (Wildman–Crippen LogP) is 3.46. The highest BCUT2D eigenvalue weighted by atomic mass is 16.1. The van der Waals surface area contributed by atoms with Crippen molar-refractivity contribution in [2.75, 3.05) is 0 Å². The fourth-order valence-electron chi connectivity index (χ4n) is 1.41. The van der Waals surface area contributed by atoms with Gasteiger partial charge in [-0.15, -0.1) is 0 Å². The van der Waals surface area contributed by atoms with Gasteiger partial charge in [0.15, 0.2) is 0 Å². The van der Waals surface area contributed by atoms with Crippen LogP contribution in [0.4, 0.5) is 0 Å². The molecule has 0 aromatic carbocycles. The van der Waals surface area contributed by atoms with E-state index in [0.29, 0.717) is 6.42 Å². The van der Waals surface area contributed by atoms with Crippen molar-refractivity contribution < 1.29 is 4.79 Å². The summed E-state index contributed by atoms with van der Waals surface area (Å²) in [4.78, 5) is 9.99. The first kappa shape index (κ1) is 13.3. The SMILES string of the molecule is [CH2]CCCCCCCCCC(=N)[C]=O. The second kappa shape index (κ2) is 10.4. The Labute approximate surface area is 87.6 Å². The van der Waals surface area contributed by atoms with E-state index in [-0.39, 0.29) is 5.71 Å². The Morgan fingerprint density at radius 3 is 2.00 bits per heavy atom. The van der Waals surface area contributed by atoms with Crippen LogP contribution in [0.3, 0.4) is 0 Å². The van der Waals surface area contributed by atoms with Crippen LogP contribution in [0.5, 0.6) is 0 Å². The van der Waals surface area contributed by atoms with Crippen molar-refractivity contribution in [1.82, 2.24) is 0 Å². The molecule has 0 aromatic heterocycles. The van der Waals surface area contributed by atoms with Gasteiger partial charge < -0.3 is 5.41 Å². The summed E-state index contributed by atoms with van der Waals surface area (Å²) >= 11 is 0. The Balaban J connectivity index is 2.99. The summed E-state index contributed by atoms with van der Waals surface area (Å²) in [5.41, 5.74) is 0.113. The largest absolute Gasteiger partial charge is 0.301 e. The highest BCUT2D eigenvalue weighted by molar-refractivity contribution is 6.26. The molecule has 2 nitrogen and oxygen atoms in total. The minimum Gasteiger partial charge on any atom is -0.301 e. The fraction of sp³-hybridized carbons (Fsp3) is 0.750. The molecule has 0 fully saturated rings. The molecule has 0 unspecified atom stereocenters. The first-order valence-electron chi connectivity index (χ1n) is 5.56. The van der Waals surface area contributed by atoms with Crippen molar-refractivity contribution in [3.8, 4) is 0 Å². The maximum Gasteiger partial charge on any atom is 0.248 e. The standard InChI is InChI=1S/C12H21NO/c1-2-3-4-5-6-7-8-9-10-12(13)11-14/h13H,1-10H2. The van der Waals surface area contributed by atoms with Crippen molar-refractivity contribution in [1.29, 1.82) is 5.41 Å². The summed E-state index contributed by atoms with van der Waals surface area (Å²) in [6.45, 7) is 3.80. The Bertz CT molecular complexity index is 154. The van der Waals surface area contributed by atoms with Crippen LogP contribution in [0.15, 0.2) is 0 Å². The van der Waals surface area contributed by atoms with Crippen LogP contribution in [0.1, 0.15) is 57.8 Å². The molecule has 0 aromatic rings. The average Bonchev–Trinajstić information content (AvgIpc) is 2.21. The number of nitrogens with one attached hydrogen (secondary N) is 1. The molecule has 80 valence electrons. The summed E-state index contributed by atoms with van der Waals surface area (Å²) < 4.78 is 0. The third kappa shape index (κ3) is 9.43. The Kier molecular flexibility index (Phi) is 9.93. The molecule has 14 heavy (non-hydrogen) atoms. The van der Waals surface area contributed by atoms with Crippen LogP contribution in [-0.4, -0.2) is 12.0 Å². The van der Waals surface area contributed by atoms with E-state index in [0.717, 1.165) is 19.3 Å². The quantitative estimate of drug-likeness (QED) is 0.421. The van der Waals surface area contributed by atoms with Gasteiger partial charge in [0.2, 0.25) is 6.29 Å². The lowest BCUT2D eigenvalue weighted by Gasteiger charge is -2.00. The average molecular weight is 195 g/mol. The van der Waals surface area contributed by atoms with Crippen LogP contribution in [0, 0.1) is 12.3 Å². The third-order valence-electron chi connectivity index (χ3n) is 2.30. The molecule has 2 heteroatoms. The van der Waals surface area contributed by atoms with E-state index in [9.17, 15) is 4.79 Å². The summed E-state index contributed by atoms with van der Waals surface area (Å²) in [6.07, 6.45) is 11.7. The zero-order valence-corrected chi connectivity index (χ0v) is 8.98. The van der Waals surface area contributed by atoms with Crippen LogP contribution in [-0.2, 0) is 4.79 Å². The van der Waals surface area contributed by atoms with Gasteiger partial charge in [-0.3, -0.25) is 4.79 Å². The van der Waals surface area contributed by atoms with Gasteiger partial charge in [0.25, 0.3) is 0 Å². The molecule has 1 N–H and O–H groups in total. The summed E-state index contributed by atoms with van der Waals surface area (Å²) in [5, 5.41) is 7.08. The zero-order chi connectivity index (χ0) is 10.6. The van der Waals surface area contributed by atoms with Crippen LogP contribution in [0.25, 0.3) is 0 Å². The first-order chi connectivity index (χ1) is 6.81. The van der Waals surface area contributed by atoms with E-state index < -0.39 is 0 Å². The number of rotatable bonds is 10. The highest BCUT2D eigenvalue weighted by Crippen LogP contribution is 2.09. The highest BCUT2D eigenvalue weighted by Gasteiger charge is 1.95. The molecule has 0 aliphatic heterocycles. The number of hydrogen-bond donors (Lipinski definition) is 1. The molecule has 0 aliphatic carbocycles. The Morgan fingerprint density at radius 1 is 1.00 bits per heavy atom. The second-order valence-electron chi connectivity index (χ2n) is 3.66. The molecule has 0 atom stereocenters. The maximum atomic E-state index is 9.99. The van der Waals surface area contributed by atoms with E-state index in [1.165, 1.54) is 32.1 Å². The van der Waals surface area contributed by atoms with Crippen molar-refractivity contribution >= 4 is 12.0 Å². The lowest BCUT2D eigenvalue weighted by molar-refractivity contribution is 0.564. The van der Waals surface area contributed by atoms with Crippen molar-refractivity contribution in [3.63, 3.8) is 0 Å². The van der Waals surface area contributed by atoms with Crippen LogP contribution in [0.2, 0.25) is 0 Å². The zero-order valence-electron chi connectivity index (χ0n) is 8.98. The van der Waals surface area contributed by atoms with Gasteiger partial charge in [-0.05, 0) is 12.8 Å². The molecular weight excluding hydrogens is 174 g/mol. The summed E-state index contributed by atoms with van der Waals surface area (Å²) in [7, 11) is 0. The van der Waals surface area contributed by atoms with Crippen LogP contribution >= 0.6 is 0 Å². The molecule has 0 aliphatic rings. The van der Waals surface area contributed by atoms with E-state index >= 15 is 0 Å². The van der Waals surface area contributed by atoms with E-state index in [2.05, 4.69) is 6.92 Å². The van der Waals surface area contributed by atoms with E-state index in [1.54, 1.807) is 6.29 Å². The molecule has 0 heterocycles. The van der Waals surface area contributed by atoms with Crippen LogP contribution < -0.4 is 0 Å². The van der Waals surface area contributed by atoms with Gasteiger partial charge in [-0.1, -0.05) is 51.9 Å². The maximum absolute atomic E-state index is 9.99. The molecule has 0 amide bonds. The van der Waals surface area contributed by atoms with Crippen molar-refractivity contribution in [2.45, 2.75) is 57.8 Å². The second-order valence-corrected chi connectivity index (χ2v) is 3.66. The molecular formula is C12H21NO. The monoisotopic (exact) mass is 195 g/mol. The molecule has 0 saturated carbocycles. The number of hydrogen-bond acceptors (Lipinski definition) is 2. The minimum absolute atomic E-state index is 0.113. The minimum atomic E-state index is 0.113. The van der Waals surface area contributed by atoms with Crippen molar-refractivity contribution in [2.24, 2.45) is 0 Å². The fourth-order valence-corrected chi connectivity index (χ4v) is 1.41. The molecule has 0 bridgehead atoms. The Morgan fingerprint density at radius 2 is 1.50 bits per heavy atom. The number of carbonyl (C=O) groups excluding carboxylic acids is 1. The normalized spacial score (nSPS) is 10.1. The molecule has 0 rings (SSSR count). The lowest BCUT2D eigenvalue weighted by Crippen LogP contribution is -1.96. The van der Waals surface area contributed by atoms with Gasteiger partial charge in [-0.25, -0.2) is 0 Å². The molecule has 2 radical (unpaired) electrons. The van der Waals surface area contributed by atoms with Gasteiger partial charge >= 0.3 is 0 Å². The summed E-state index contributed by atoms with van der Waals surface area (Å²) in [6, 6.07) is 0. The number of unbranched alkanes of at least 4 members (excludes halogenated alkanes) is 7. The topological polar surface area (TPSA) is 40.9 Å². The first-order valence-corrected chi connectivity index (χ1v) is 5.56. The smallest absolute Gasteiger partial charge is 0.248 e. The van der Waals surface area contributed by atoms with Gasteiger partial charge in [0, 0.05) is 0 Å². The van der Waals surface area contributed by atoms with Crippen molar-refractivity contribution in [3.05, 3.63) is 6.92 Å². The van der Waals surface area contributed by atoms with Gasteiger partial charge in [0.05, 0.1) is 5.71 Å². The molecule has 0 spiro atoms. The predicted molar refractivity (Wildman–Crippen MR) is 60.3 cm³/mol. The van der Waals surface area contributed by atoms with E-state index in [1.807, 2.05) is 0 Å². The molecule has 0 saturated heterocycles. The van der Waals surface area contributed by atoms with Gasteiger partial charge in [-0.2, -0.15) is 0 Å². The third-order valence-corrected chi connectivity index (χ3v) is 2.30. The summed E-state index contributed by atoms with van der Waals surface area (Å²) in [5.74, 6) is 0. The lowest BCUT2D eigenvalue weighted by atomic mass is 10.1. The van der Waals surface area contributed by atoms with Gasteiger partial charge in [0.1, 0.15) is 0 Å². The van der Waals surface area contributed by atoms with E-state index in [4.69, 9.17) is 5.41 Å².